The molecule has 0 radical (unpaired) electrons. The van der Waals surface area contributed by atoms with Crippen LogP contribution in [0, 0.1) is 40.8 Å². The van der Waals surface area contributed by atoms with Crippen molar-refractivity contribution in [1.82, 2.24) is 0 Å². The van der Waals surface area contributed by atoms with Gasteiger partial charge in [-0.05, 0) is 110 Å². The molecule has 0 unspecified atom stereocenters. The van der Waals surface area contributed by atoms with Crippen LogP contribution in [0.1, 0.15) is 55.6 Å². The third kappa shape index (κ3) is 8.19. The van der Waals surface area contributed by atoms with Gasteiger partial charge in [0.15, 0.2) is 11.6 Å². The minimum Gasteiger partial charge on any atom is -0.429 e. The second kappa shape index (κ2) is 14.1. The summed E-state index contributed by atoms with van der Waals surface area (Å²) in [6.45, 7) is 3.74. The zero-order chi connectivity index (χ0) is 35.7. The van der Waals surface area contributed by atoms with Crippen molar-refractivity contribution in [3.8, 4) is 33.8 Å². The van der Waals surface area contributed by atoms with E-state index < -0.39 is 75.6 Å². The van der Waals surface area contributed by atoms with Gasteiger partial charge < -0.3 is 9.47 Å². The third-order valence-electron chi connectivity index (χ3n) is 8.45. The summed E-state index contributed by atoms with van der Waals surface area (Å²) < 4.78 is 163. The molecule has 49 heavy (non-hydrogen) atoms. The van der Waals surface area contributed by atoms with E-state index in [4.69, 9.17) is 0 Å². The van der Waals surface area contributed by atoms with Gasteiger partial charge in [0.1, 0.15) is 34.6 Å². The maximum absolute atomic E-state index is 15.2. The van der Waals surface area contributed by atoms with Crippen LogP contribution in [0.15, 0.2) is 73.3 Å². The van der Waals surface area contributed by atoms with E-state index in [1.54, 1.807) is 6.07 Å². The summed E-state index contributed by atoms with van der Waals surface area (Å²) in [6, 6.07) is 7.60. The summed E-state index contributed by atoms with van der Waals surface area (Å²) in [4.78, 5) is 0. The van der Waals surface area contributed by atoms with Gasteiger partial charge in [-0.15, -0.1) is 19.8 Å². The van der Waals surface area contributed by atoms with Gasteiger partial charge in [-0.1, -0.05) is 18.2 Å². The van der Waals surface area contributed by atoms with Crippen molar-refractivity contribution in [3.63, 3.8) is 0 Å². The molecule has 1 aliphatic rings. The smallest absolute Gasteiger partial charge is 0.429 e. The predicted molar refractivity (Wildman–Crippen MR) is 159 cm³/mol. The van der Waals surface area contributed by atoms with Crippen LogP contribution in [-0.2, 0) is 6.11 Å². The van der Waals surface area contributed by atoms with Gasteiger partial charge in [-0.3, -0.25) is 0 Å². The van der Waals surface area contributed by atoms with Gasteiger partial charge in [0.05, 0.1) is 0 Å². The van der Waals surface area contributed by atoms with Crippen molar-refractivity contribution in [2.45, 2.75) is 56.9 Å². The summed E-state index contributed by atoms with van der Waals surface area (Å²) in [5, 5.41) is 0. The van der Waals surface area contributed by atoms with Crippen LogP contribution in [0.2, 0.25) is 0 Å². The molecule has 13 heteroatoms. The average molecular weight is 701 g/mol. The van der Waals surface area contributed by atoms with Crippen molar-refractivity contribution >= 4 is 0 Å². The Bertz CT molecular complexity index is 1800. The molecular formula is C36H27F11O2. The summed E-state index contributed by atoms with van der Waals surface area (Å²) in [7, 11) is 0. The van der Waals surface area contributed by atoms with Crippen LogP contribution in [0.5, 0.6) is 11.5 Å². The van der Waals surface area contributed by atoms with E-state index in [1.165, 1.54) is 12.1 Å². The summed E-state index contributed by atoms with van der Waals surface area (Å²) in [5.74, 6) is -11.5. The summed E-state index contributed by atoms with van der Waals surface area (Å²) >= 11 is 0. The van der Waals surface area contributed by atoms with Crippen LogP contribution in [0.25, 0.3) is 22.3 Å². The Morgan fingerprint density at radius 3 is 1.67 bits per heavy atom. The number of hydrogen-bond donors (Lipinski definition) is 0. The van der Waals surface area contributed by atoms with E-state index >= 15 is 22.0 Å². The molecular weight excluding hydrogens is 673 g/mol. The van der Waals surface area contributed by atoms with Gasteiger partial charge in [0.25, 0.3) is 0 Å². The molecule has 4 aromatic rings. The molecule has 1 saturated carbocycles. The highest BCUT2D eigenvalue weighted by molar-refractivity contribution is 5.67. The standard InChI is InChI=1S/C36H27F11O2/c1-2-3-4-19-5-7-20(8-6-19)21-9-11-25(27(37)13-21)22-14-29(39)33(30(40)15-22)35(43,44)48-24-10-12-26(28(38)18-24)23-16-31(41)34(32(42)17-23)49-36(45,46)47/h2,9-20H,1,3-8H2. The number of halogens is 11. The Balaban J connectivity index is 1.33. The molecule has 0 bridgehead atoms. The lowest BCUT2D eigenvalue weighted by Crippen LogP contribution is -2.25. The molecule has 1 fully saturated rings. The van der Waals surface area contributed by atoms with Gasteiger partial charge in [0.2, 0.25) is 5.75 Å². The van der Waals surface area contributed by atoms with Gasteiger partial charge >= 0.3 is 12.5 Å². The molecule has 5 rings (SSSR count). The van der Waals surface area contributed by atoms with E-state index in [1.807, 2.05) is 6.08 Å². The quantitative estimate of drug-likeness (QED) is 0.121. The zero-order valence-electron chi connectivity index (χ0n) is 25.4. The topological polar surface area (TPSA) is 18.5 Å². The molecule has 0 heterocycles. The molecule has 0 amide bonds. The van der Waals surface area contributed by atoms with Crippen LogP contribution >= 0.6 is 0 Å². The average Bonchev–Trinajstić information content (AvgIpc) is 3.01. The highest BCUT2D eigenvalue weighted by Crippen LogP contribution is 2.41. The molecule has 0 N–H and O–H groups in total. The fourth-order valence-electron chi connectivity index (χ4n) is 6.09. The van der Waals surface area contributed by atoms with Crippen molar-refractivity contribution in [3.05, 3.63) is 119 Å². The number of rotatable bonds is 10. The molecule has 0 aromatic heterocycles. The van der Waals surface area contributed by atoms with Crippen molar-refractivity contribution in [2.24, 2.45) is 5.92 Å². The number of hydrogen-bond acceptors (Lipinski definition) is 2. The molecule has 0 saturated heterocycles. The normalized spacial score (nSPS) is 16.8. The van der Waals surface area contributed by atoms with Crippen LogP contribution in [0.3, 0.4) is 0 Å². The highest BCUT2D eigenvalue weighted by atomic mass is 19.4. The maximum atomic E-state index is 15.2. The lowest BCUT2D eigenvalue weighted by molar-refractivity contribution is -0.276. The van der Waals surface area contributed by atoms with Gasteiger partial charge in [-0.2, -0.15) is 8.78 Å². The van der Waals surface area contributed by atoms with Crippen LogP contribution in [0.4, 0.5) is 48.3 Å². The zero-order valence-corrected chi connectivity index (χ0v) is 25.4. The Labute approximate surface area is 273 Å². The summed E-state index contributed by atoms with van der Waals surface area (Å²) in [5.41, 5.74) is -2.97. The number of benzene rings is 4. The summed E-state index contributed by atoms with van der Waals surface area (Å²) in [6.07, 6.45) is -2.66. The van der Waals surface area contributed by atoms with E-state index in [9.17, 15) is 26.3 Å². The minimum absolute atomic E-state index is 0.106. The molecule has 0 atom stereocenters. The van der Waals surface area contributed by atoms with Gasteiger partial charge in [-0.25, -0.2) is 26.3 Å². The maximum Gasteiger partial charge on any atom is 0.573 e. The van der Waals surface area contributed by atoms with Crippen molar-refractivity contribution in [1.29, 1.82) is 0 Å². The molecule has 1 aliphatic carbocycles. The molecule has 2 nitrogen and oxygen atoms in total. The van der Waals surface area contributed by atoms with Crippen LogP contribution in [-0.4, -0.2) is 6.36 Å². The Kier molecular flexibility index (Phi) is 10.3. The first-order valence-corrected chi connectivity index (χ1v) is 15.1. The number of ether oxygens (including phenoxy) is 2. The first kappa shape index (κ1) is 35.7. The fraction of sp³-hybridized carbons (Fsp3) is 0.278. The largest absolute Gasteiger partial charge is 0.573 e. The predicted octanol–water partition coefficient (Wildman–Crippen LogP) is 12.1. The second-order valence-corrected chi connectivity index (χ2v) is 11.7. The van der Waals surface area contributed by atoms with E-state index in [0.29, 0.717) is 48.4 Å². The number of alkyl halides is 5. The molecule has 0 spiro atoms. The first-order chi connectivity index (χ1) is 23.1. The van der Waals surface area contributed by atoms with E-state index in [2.05, 4.69) is 16.1 Å². The van der Waals surface area contributed by atoms with Crippen LogP contribution < -0.4 is 9.47 Å². The lowest BCUT2D eigenvalue weighted by atomic mass is 9.77. The second-order valence-electron chi connectivity index (χ2n) is 11.7. The van der Waals surface area contributed by atoms with Crippen molar-refractivity contribution in [2.75, 3.05) is 0 Å². The molecule has 0 aliphatic heterocycles. The monoisotopic (exact) mass is 700 g/mol. The molecule has 260 valence electrons. The SMILES string of the molecule is C=CCCC1CCC(c2ccc(-c3cc(F)c(C(F)(F)Oc4ccc(-c5cc(F)c(OC(F)(F)F)c(F)c5)c(F)c4)c(F)c3)c(F)c2)CC1. The third-order valence-corrected chi connectivity index (χ3v) is 8.45. The Morgan fingerprint density at radius 1 is 0.633 bits per heavy atom. The highest BCUT2D eigenvalue weighted by Gasteiger charge is 2.41. The first-order valence-electron chi connectivity index (χ1n) is 15.1. The Hall–Kier alpha value is -4.55. The molecule has 4 aromatic carbocycles. The minimum atomic E-state index is -5.43. The van der Waals surface area contributed by atoms with Crippen molar-refractivity contribution < 1.29 is 57.8 Å². The Morgan fingerprint density at radius 2 is 1.16 bits per heavy atom. The number of allylic oxidation sites excluding steroid dienone is 1. The van der Waals surface area contributed by atoms with E-state index in [-0.39, 0.29) is 17.0 Å². The fourth-order valence-corrected chi connectivity index (χ4v) is 6.09. The van der Waals surface area contributed by atoms with E-state index in [0.717, 1.165) is 44.1 Å². The van der Waals surface area contributed by atoms with Gasteiger partial charge in [0, 0.05) is 17.2 Å². The lowest BCUT2D eigenvalue weighted by Gasteiger charge is -2.28.